The highest BCUT2D eigenvalue weighted by Gasteiger charge is 2.25. The van der Waals surface area contributed by atoms with Crippen LogP contribution in [0, 0.1) is 0 Å². The number of aromatic amines is 1. The number of carboxylic acid groups (broad SMARTS) is 1. The van der Waals surface area contributed by atoms with Crippen LogP contribution >= 0.6 is 0 Å². The van der Waals surface area contributed by atoms with Crippen LogP contribution in [0.25, 0.3) is 10.9 Å². The van der Waals surface area contributed by atoms with Crippen molar-refractivity contribution in [3.63, 3.8) is 0 Å². The van der Waals surface area contributed by atoms with Crippen molar-refractivity contribution in [1.29, 1.82) is 0 Å². The molecule has 0 spiro atoms. The first-order valence-electron chi connectivity index (χ1n) is 9.43. The van der Waals surface area contributed by atoms with Gasteiger partial charge in [0, 0.05) is 17.1 Å². The number of carbonyl (C=O) groups excluding carboxylic acids is 1. The second kappa shape index (κ2) is 9.37. The number of nitrogens with two attached hydrogens (primary N) is 1. The van der Waals surface area contributed by atoms with E-state index in [1.165, 1.54) is 6.92 Å². The number of hydrogen-bond acceptors (Lipinski definition) is 7. The number of aliphatic carboxylic acids is 1. The molecule has 3 atom stereocenters. The van der Waals surface area contributed by atoms with E-state index < -0.39 is 30.2 Å². The summed E-state index contributed by atoms with van der Waals surface area (Å²) in [4.78, 5) is 30.2. The van der Waals surface area contributed by atoms with Crippen molar-refractivity contribution in [2.45, 2.75) is 44.5 Å². The molecule has 0 radical (unpaired) electrons. The Balaban J connectivity index is 1.50. The number of carboxylic acids is 1. The number of hydrogen-bond donors (Lipinski definition) is 6. The van der Waals surface area contributed by atoms with Crippen molar-refractivity contribution in [2.75, 3.05) is 0 Å². The third-order valence-electron chi connectivity index (χ3n) is 4.65. The molecule has 7 N–H and O–H groups in total. The molecular weight excluding hydrogens is 392 g/mol. The first-order chi connectivity index (χ1) is 14.3. The highest BCUT2D eigenvalue weighted by Crippen LogP contribution is 2.21. The van der Waals surface area contributed by atoms with Crippen molar-refractivity contribution in [2.24, 2.45) is 5.73 Å². The fraction of sp³-hybridized carbons (Fsp3) is 0.368. The Morgan fingerprint density at radius 3 is 2.83 bits per heavy atom. The number of H-pyrrole nitrogens is 1. The zero-order chi connectivity index (χ0) is 21.7. The number of aliphatic hydroxyl groups excluding tert-OH is 1. The van der Waals surface area contributed by atoms with Gasteiger partial charge in [0.1, 0.15) is 0 Å². The monoisotopic (exact) mass is 416 g/mol. The van der Waals surface area contributed by atoms with Gasteiger partial charge in [-0.25, -0.2) is 9.59 Å². The topological polar surface area (TPSA) is 179 Å². The van der Waals surface area contributed by atoms with Gasteiger partial charge in [0.05, 0.1) is 18.7 Å². The zero-order valence-electron chi connectivity index (χ0n) is 16.3. The van der Waals surface area contributed by atoms with E-state index in [1.54, 1.807) is 0 Å². The largest absolute Gasteiger partial charge is 0.480 e. The first-order valence-corrected chi connectivity index (χ1v) is 9.43. The van der Waals surface area contributed by atoms with Crippen molar-refractivity contribution in [3.8, 4) is 0 Å². The highest BCUT2D eigenvalue weighted by molar-refractivity contribution is 5.83. The van der Waals surface area contributed by atoms with E-state index in [0.29, 0.717) is 12.2 Å². The summed E-state index contributed by atoms with van der Waals surface area (Å²) >= 11 is 0. The average Bonchev–Trinajstić information content (AvgIpc) is 3.35. The summed E-state index contributed by atoms with van der Waals surface area (Å²) in [6.45, 7) is 1.15. The molecule has 160 valence electrons. The molecule has 11 nitrogen and oxygen atoms in total. The fourth-order valence-electron chi connectivity index (χ4n) is 3.01. The maximum absolute atomic E-state index is 11.8. The van der Waals surface area contributed by atoms with Gasteiger partial charge >= 0.3 is 12.0 Å². The molecule has 0 aliphatic carbocycles. The minimum atomic E-state index is -1.43. The molecule has 0 aliphatic heterocycles. The number of amides is 2. The Hall–Kier alpha value is -3.44. The van der Waals surface area contributed by atoms with Crippen LogP contribution in [0.2, 0.25) is 0 Å². The molecule has 2 unspecified atom stereocenters. The molecule has 30 heavy (non-hydrogen) atoms. The average molecular weight is 416 g/mol. The number of aryl methyl sites for hydroxylation is 1. The molecular formula is C19H24N6O5. The van der Waals surface area contributed by atoms with E-state index in [0.717, 1.165) is 22.9 Å². The lowest BCUT2D eigenvalue weighted by Crippen LogP contribution is -2.51. The Bertz CT molecular complexity index is 1010. The Kier molecular flexibility index (Phi) is 6.65. The van der Waals surface area contributed by atoms with Crippen LogP contribution in [0.1, 0.15) is 36.7 Å². The first kappa shape index (κ1) is 21.3. The number of benzene rings is 1. The van der Waals surface area contributed by atoms with Crippen LogP contribution in [-0.4, -0.2) is 49.5 Å². The number of para-hydroxylation sites is 1. The molecule has 2 aromatic heterocycles. The smallest absolute Gasteiger partial charge is 0.328 e. The Morgan fingerprint density at radius 2 is 2.10 bits per heavy atom. The molecule has 3 aromatic rings. The maximum atomic E-state index is 11.8. The number of fused-ring (bicyclic) bond motifs is 1. The van der Waals surface area contributed by atoms with E-state index in [-0.39, 0.29) is 12.4 Å². The van der Waals surface area contributed by atoms with Gasteiger partial charge in [0.25, 0.3) is 0 Å². The zero-order valence-corrected chi connectivity index (χ0v) is 16.3. The summed E-state index contributed by atoms with van der Waals surface area (Å²) in [5, 5.41) is 27.9. The minimum Gasteiger partial charge on any atom is -0.480 e. The van der Waals surface area contributed by atoms with E-state index in [2.05, 4.69) is 25.8 Å². The van der Waals surface area contributed by atoms with Crippen molar-refractivity contribution < 1.29 is 24.3 Å². The number of aliphatic hydroxyl groups is 1. The highest BCUT2D eigenvalue weighted by atomic mass is 16.5. The summed E-state index contributed by atoms with van der Waals surface area (Å²) in [7, 11) is 0. The maximum Gasteiger partial charge on any atom is 0.328 e. The van der Waals surface area contributed by atoms with E-state index in [1.807, 2.05) is 30.5 Å². The number of aromatic nitrogens is 3. The normalized spacial score (nSPS) is 14.2. The molecule has 11 heteroatoms. The third-order valence-corrected chi connectivity index (χ3v) is 4.65. The molecule has 0 fully saturated rings. The predicted octanol–water partition coefficient (Wildman–Crippen LogP) is 0.817. The van der Waals surface area contributed by atoms with Gasteiger partial charge in [-0.15, -0.1) is 0 Å². The number of rotatable bonds is 9. The van der Waals surface area contributed by atoms with Crippen LogP contribution in [0.15, 0.2) is 35.0 Å². The fourth-order valence-corrected chi connectivity index (χ4v) is 3.01. The van der Waals surface area contributed by atoms with Gasteiger partial charge in [-0.1, -0.05) is 23.4 Å². The SMILES string of the molecule is CC(O)C(NC(=O)NCc1nc([C@@H](N)CCc2c[nH]c3ccccc23)no1)C(=O)O. The van der Waals surface area contributed by atoms with E-state index in [9.17, 15) is 14.7 Å². The van der Waals surface area contributed by atoms with Crippen LogP contribution in [0.5, 0.6) is 0 Å². The van der Waals surface area contributed by atoms with Crippen molar-refractivity contribution >= 4 is 22.9 Å². The van der Waals surface area contributed by atoms with E-state index >= 15 is 0 Å². The lowest BCUT2D eigenvalue weighted by Gasteiger charge is -2.16. The van der Waals surface area contributed by atoms with Gasteiger partial charge in [-0.2, -0.15) is 4.98 Å². The summed E-state index contributed by atoms with van der Waals surface area (Å²) in [6, 6.07) is 5.34. The summed E-state index contributed by atoms with van der Waals surface area (Å²) in [5.74, 6) is -0.896. The van der Waals surface area contributed by atoms with E-state index in [4.69, 9.17) is 15.4 Å². The van der Waals surface area contributed by atoms with Crippen molar-refractivity contribution in [1.82, 2.24) is 25.8 Å². The number of urea groups is 1. The number of nitrogens with one attached hydrogen (secondary N) is 3. The second-order valence-corrected chi connectivity index (χ2v) is 6.93. The van der Waals surface area contributed by atoms with Crippen LogP contribution in [0.4, 0.5) is 4.79 Å². The molecule has 2 heterocycles. The summed E-state index contributed by atoms with van der Waals surface area (Å²) < 4.78 is 5.09. The summed E-state index contributed by atoms with van der Waals surface area (Å²) in [5.41, 5.74) is 8.38. The second-order valence-electron chi connectivity index (χ2n) is 6.93. The summed E-state index contributed by atoms with van der Waals surface area (Å²) in [6.07, 6.45) is 2.03. The Labute approximate surface area is 171 Å². The third kappa shape index (κ3) is 5.13. The predicted molar refractivity (Wildman–Crippen MR) is 106 cm³/mol. The quantitative estimate of drug-likeness (QED) is 0.296. The number of carbonyl (C=O) groups is 2. The van der Waals surface area contributed by atoms with Crippen LogP contribution in [-0.2, 0) is 17.8 Å². The molecule has 0 saturated heterocycles. The van der Waals surface area contributed by atoms with Gasteiger partial charge in [-0.3, -0.25) is 0 Å². The molecule has 1 aromatic carbocycles. The van der Waals surface area contributed by atoms with Crippen LogP contribution < -0.4 is 16.4 Å². The lowest BCUT2D eigenvalue weighted by molar-refractivity contribution is -0.141. The minimum absolute atomic E-state index is 0.111. The standard InChI is InChI=1S/C19H24N6O5/c1-10(26)16(18(27)28)24-19(29)22-9-15-23-17(25-30-15)13(20)7-6-11-8-21-14-5-3-2-4-12(11)14/h2-5,8,10,13,16,21,26H,6-7,9,20H2,1H3,(H,27,28)(H2,22,24,29)/t10?,13-,16?/m0/s1. The van der Waals surface area contributed by atoms with Gasteiger partial charge in [0.2, 0.25) is 5.89 Å². The Morgan fingerprint density at radius 1 is 1.33 bits per heavy atom. The van der Waals surface area contributed by atoms with Gasteiger partial charge < -0.3 is 36.1 Å². The molecule has 3 rings (SSSR count). The molecule has 0 saturated carbocycles. The lowest BCUT2D eigenvalue weighted by atomic mass is 10.0. The molecule has 0 bridgehead atoms. The molecule has 2 amide bonds. The van der Waals surface area contributed by atoms with Gasteiger partial charge in [0.15, 0.2) is 11.9 Å². The van der Waals surface area contributed by atoms with Gasteiger partial charge in [-0.05, 0) is 31.4 Å². The number of nitrogens with zero attached hydrogens (tertiary/aromatic N) is 2. The van der Waals surface area contributed by atoms with Crippen LogP contribution in [0.3, 0.4) is 0 Å². The van der Waals surface area contributed by atoms with Crippen molar-refractivity contribution in [3.05, 3.63) is 47.7 Å². The molecule has 0 aliphatic rings.